The monoisotopic (exact) mass is 440 g/mol. The molecule has 0 saturated heterocycles. The number of H-pyrrole nitrogens is 2. The molecule has 2 heterocycles. The minimum atomic E-state index is -0.157. The number of hydrogen-bond donors (Lipinski definition) is 2. The zero-order chi connectivity index (χ0) is 23.3. The van der Waals surface area contributed by atoms with E-state index in [9.17, 15) is 9.59 Å². The number of hydrogen-bond acceptors (Lipinski definition) is 6. The summed E-state index contributed by atoms with van der Waals surface area (Å²) in [6.07, 6.45) is 6.84. The van der Waals surface area contributed by atoms with Crippen LogP contribution in [0.15, 0.2) is 31.2 Å². The van der Waals surface area contributed by atoms with Crippen molar-refractivity contribution >= 4 is 0 Å². The molecule has 8 nitrogen and oxygen atoms in total. The summed E-state index contributed by atoms with van der Waals surface area (Å²) in [5.41, 5.74) is 0.963. The van der Waals surface area contributed by atoms with Gasteiger partial charge < -0.3 is 18.5 Å². The van der Waals surface area contributed by atoms with Gasteiger partial charge in [-0.3, -0.25) is 9.59 Å². The Bertz CT molecular complexity index is 759. The molecular weight excluding hydrogens is 400 g/mol. The summed E-state index contributed by atoms with van der Waals surface area (Å²) in [5.74, 6) is 0. The number of nitrogens with one attached hydrogen (secondary N) is 2. The van der Waals surface area contributed by atoms with Crippen LogP contribution in [-0.4, -0.2) is 36.7 Å². The maximum Gasteiger partial charge on any atom is 0.283 e. The van der Waals surface area contributed by atoms with Crippen molar-refractivity contribution in [2.24, 2.45) is 10.8 Å². The molecule has 2 aromatic rings. The summed E-state index contributed by atoms with van der Waals surface area (Å²) in [6, 6.07) is 0. The minimum absolute atomic E-state index is 0.0321. The topological polar surface area (TPSA) is 110 Å². The van der Waals surface area contributed by atoms with Crippen molar-refractivity contribution < 1.29 is 18.5 Å². The highest BCUT2D eigenvalue weighted by Gasteiger charge is 2.22. The maximum absolute atomic E-state index is 11.5. The van der Waals surface area contributed by atoms with Crippen LogP contribution in [0.25, 0.3) is 0 Å². The molecule has 178 valence electrons. The third-order valence-electron chi connectivity index (χ3n) is 5.05. The molecule has 0 unspecified atom stereocenters. The molecule has 0 bridgehead atoms. The fraction of sp³-hybridized carbons (Fsp3) is 0.739. The summed E-state index contributed by atoms with van der Waals surface area (Å²) >= 11 is 0. The fourth-order valence-electron chi connectivity index (χ4n) is 3.16. The van der Waals surface area contributed by atoms with E-state index in [1.165, 1.54) is 12.5 Å². The van der Waals surface area contributed by atoms with Crippen molar-refractivity contribution in [3.05, 3.63) is 44.4 Å². The van der Waals surface area contributed by atoms with Crippen molar-refractivity contribution in [3.8, 4) is 0 Å². The first-order valence-corrected chi connectivity index (χ1v) is 11.1. The SMILES string of the molecule is CC.CC(C)(CCOCCCOCCC(C)(C)Cc1co[nH]c1=O)Cc1co[nH]c1=O. The van der Waals surface area contributed by atoms with Crippen molar-refractivity contribution in [1.82, 2.24) is 10.3 Å². The van der Waals surface area contributed by atoms with E-state index in [1.54, 1.807) is 0 Å². The molecule has 2 N–H and O–H groups in total. The van der Waals surface area contributed by atoms with Gasteiger partial charge in [0, 0.05) is 26.4 Å². The second-order valence-electron chi connectivity index (χ2n) is 9.14. The highest BCUT2D eigenvalue weighted by molar-refractivity contribution is 5.04. The summed E-state index contributed by atoms with van der Waals surface area (Å²) in [5, 5.41) is 4.64. The Balaban J connectivity index is 0.00000233. The molecule has 0 aliphatic heterocycles. The molecule has 0 aliphatic rings. The van der Waals surface area contributed by atoms with Gasteiger partial charge in [-0.25, -0.2) is 0 Å². The molecule has 0 aromatic carbocycles. The van der Waals surface area contributed by atoms with Gasteiger partial charge in [0.15, 0.2) is 0 Å². The van der Waals surface area contributed by atoms with E-state index in [0.717, 1.165) is 19.3 Å². The van der Waals surface area contributed by atoms with E-state index in [0.29, 0.717) is 50.4 Å². The molecule has 0 amide bonds. The van der Waals surface area contributed by atoms with Gasteiger partial charge >= 0.3 is 0 Å². The van der Waals surface area contributed by atoms with E-state index in [1.807, 2.05) is 13.8 Å². The Morgan fingerprint density at radius 1 is 0.742 bits per heavy atom. The molecule has 8 heteroatoms. The van der Waals surface area contributed by atoms with Crippen molar-refractivity contribution in [2.75, 3.05) is 26.4 Å². The van der Waals surface area contributed by atoms with Gasteiger partial charge in [-0.2, -0.15) is 10.3 Å². The summed E-state index contributed by atoms with van der Waals surface area (Å²) in [6.45, 7) is 15.1. The largest absolute Gasteiger partial charge is 0.387 e. The summed E-state index contributed by atoms with van der Waals surface area (Å²) < 4.78 is 21.1. The molecule has 31 heavy (non-hydrogen) atoms. The summed E-state index contributed by atoms with van der Waals surface area (Å²) in [4.78, 5) is 23.1. The summed E-state index contributed by atoms with van der Waals surface area (Å²) in [7, 11) is 0. The van der Waals surface area contributed by atoms with Gasteiger partial charge in [0.05, 0.1) is 11.1 Å². The van der Waals surface area contributed by atoms with E-state index in [-0.39, 0.29) is 21.9 Å². The minimum Gasteiger partial charge on any atom is -0.387 e. The van der Waals surface area contributed by atoms with Crippen LogP contribution >= 0.6 is 0 Å². The highest BCUT2D eigenvalue weighted by atomic mass is 16.5. The van der Waals surface area contributed by atoms with E-state index in [2.05, 4.69) is 38.0 Å². The number of aromatic amines is 2. The molecule has 0 atom stereocenters. The fourth-order valence-corrected chi connectivity index (χ4v) is 3.16. The molecular formula is C23H40N2O6. The lowest BCUT2D eigenvalue weighted by Crippen LogP contribution is -2.21. The molecule has 0 spiro atoms. The smallest absolute Gasteiger partial charge is 0.283 e. The first-order chi connectivity index (χ1) is 14.7. The zero-order valence-electron chi connectivity index (χ0n) is 20.0. The van der Waals surface area contributed by atoms with E-state index >= 15 is 0 Å². The van der Waals surface area contributed by atoms with Gasteiger partial charge in [-0.1, -0.05) is 41.5 Å². The molecule has 0 radical (unpaired) electrons. The lowest BCUT2D eigenvalue weighted by molar-refractivity contribution is 0.0608. The quantitative estimate of drug-likeness (QED) is 0.423. The van der Waals surface area contributed by atoms with Crippen molar-refractivity contribution in [3.63, 3.8) is 0 Å². The van der Waals surface area contributed by atoms with Crippen LogP contribution in [0.1, 0.15) is 71.9 Å². The molecule has 0 saturated carbocycles. The van der Waals surface area contributed by atoms with Crippen molar-refractivity contribution in [1.29, 1.82) is 0 Å². The normalized spacial score (nSPS) is 11.9. The Kier molecular flexibility index (Phi) is 11.6. The first kappa shape index (κ1) is 27.0. The van der Waals surface area contributed by atoms with Gasteiger partial charge in [0.2, 0.25) is 0 Å². The maximum atomic E-state index is 11.5. The zero-order valence-corrected chi connectivity index (χ0v) is 20.0. The van der Waals surface area contributed by atoms with Crippen LogP contribution in [0.2, 0.25) is 0 Å². The Morgan fingerprint density at radius 3 is 1.45 bits per heavy atom. The molecule has 0 aliphatic carbocycles. The van der Waals surface area contributed by atoms with Crippen LogP contribution in [0, 0.1) is 10.8 Å². The standard InChI is InChI=1S/C21H34N2O6.C2H6/c1-20(2,12-16-14-28-22-18(16)24)6-10-26-8-5-9-27-11-7-21(3,4)13-17-15-29-23-19(17)25;1-2/h14-15H,5-13H2,1-4H3,(H,22,24)(H,23,25);1-2H3. The Morgan fingerprint density at radius 2 is 1.13 bits per heavy atom. The van der Waals surface area contributed by atoms with Gasteiger partial charge in [-0.05, 0) is 42.9 Å². The van der Waals surface area contributed by atoms with Crippen LogP contribution in [0.5, 0.6) is 0 Å². The predicted octanol–water partition coefficient (Wildman–Crippen LogP) is 4.32. The second kappa shape index (κ2) is 13.4. The highest BCUT2D eigenvalue weighted by Crippen LogP contribution is 2.25. The predicted molar refractivity (Wildman–Crippen MR) is 120 cm³/mol. The Labute approximate surface area is 184 Å². The first-order valence-electron chi connectivity index (χ1n) is 11.1. The molecule has 2 rings (SSSR count). The lowest BCUT2D eigenvalue weighted by Gasteiger charge is -2.23. The van der Waals surface area contributed by atoms with Crippen LogP contribution in [0.4, 0.5) is 0 Å². The van der Waals surface area contributed by atoms with Gasteiger partial charge in [-0.15, -0.1) is 0 Å². The van der Waals surface area contributed by atoms with Gasteiger partial charge in [0.25, 0.3) is 11.1 Å². The lowest BCUT2D eigenvalue weighted by atomic mass is 9.84. The number of aromatic nitrogens is 2. The molecule has 0 fully saturated rings. The van der Waals surface area contributed by atoms with Crippen LogP contribution < -0.4 is 11.1 Å². The average Bonchev–Trinajstić information content (AvgIpc) is 3.29. The number of ether oxygens (including phenoxy) is 2. The van der Waals surface area contributed by atoms with Gasteiger partial charge in [0.1, 0.15) is 12.5 Å². The second-order valence-corrected chi connectivity index (χ2v) is 9.14. The van der Waals surface area contributed by atoms with E-state index < -0.39 is 0 Å². The average molecular weight is 441 g/mol. The van der Waals surface area contributed by atoms with Crippen LogP contribution in [-0.2, 0) is 22.3 Å². The number of rotatable bonds is 14. The van der Waals surface area contributed by atoms with Crippen molar-refractivity contribution in [2.45, 2.75) is 73.6 Å². The third kappa shape index (κ3) is 10.7. The van der Waals surface area contributed by atoms with E-state index in [4.69, 9.17) is 18.5 Å². The van der Waals surface area contributed by atoms with Crippen LogP contribution in [0.3, 0.4) is 0 Å². The third-order valence-corrected chi connectivity index (χ3v) is 5.05. The Hall–Kier alpha value is -2.06. The molecule has 2 aromatic heterocycles.